The first-order valence-electron chi connectivity index (χ1n) is 6.07. The summed E-state index contributed by atoms with van der Waals surface area (Å²) < 4.78 is 5.65. The van der Waals surface area contributed by atoms with Crippen LogP contribution in [0.15, 0.2) is 49.1 Å². The second kappa shape index (κ2) is 5.61. The molecule has 0 N–H and O–H groups in total. The van der Waals surface area contributed by atoms with Gasteiger partial charge in [-0.3, -0.25) is 4.79 Å². The molecule has 19 heavy (non-hydrogen) atoms. The molecule has 4 nitrogen and oxygen atoms in total. The van der Waals surface area contributed by atoms with Crippen LogP contribution in [0.1, 0.15) is 24.2 Å². The monoisotopic (exact) mass is 256 g/mol. The second-order valence-electron chi connectivity index (χ2n) is 4.94. The van der Waals surface area contributed by atoms with E-state index in [1.165, 1.54) is 18.7 Å². The molecule has 0 bridgehead atoms. The van der Waals surface area contributed by atoms with Crippen molar-refractivity contribution in [2.75, 3.05) is 6.61 Å². The highest BCUT2D eigenvalue weighted by Gasteiger charge is 2.30. The Bertz CT molecular complexity index is 539. The quantitative estimate of drug-likeness (QED) is 0.772. The van der Waals surface area contributed by atoms with Crippen molar-refractivity contribution in [1.82, 2.24) is 9.97 Å². The Morgan fingerprint density at radius 1 is 1.16 bits per heavy atom. The average molecular weight is 256 g/mol. The zero-order valence-electron chi connectivity index (χ0n) is 11.0. The molecular formula is C15H16N2O2. The van der Waals surface area contributed by atoms with Crippen molar-refractivity contribution in [2.45, 2.75) is 13.8 Å². The zero-order chi connectivity index (χ0) is 13.7. The van der Waals surface area contributed by atoms with Gasteiger partial charge in [0.05, 0.1) is 11.0 Å². The summed E-state index contributed by atoms with van der Waals surface area (Å²) in [6.45, 7) is 4.02. The molecule has 1 aromatic heterocycles. The van der Waals surface area contributed by atoms with Gasteiger partial charge in [0.15, 0.2) is 5.78 Å². The number of carbonyl (C=O) groups excluding carboxylic acids is 1. The summed E-state index contributed by atoms with van der Waals surface area (Å²) in [6, 6.07) is 9.45. The number of benzene rings is 1. The Labute approximate surface area is 112 Å². The molecule has 1 aromatic carbocycles. The lowest BCUT2D eigenvalue weighted by atomic mass is 9.86. The lowest BCUT2D eigenvalue weighted by Gasteiger charge is -2.23. The van der Waals surface area contributed by atoms with E-state index < -0.39 is 5.41 Å². The van der Waals surface area contributed by atoms with Crippen molar-refractivity contribution in [3.8, 4) is 5.75 Å². The molecule has 0 unspecified atom stereocenters. The van der Waals surface area contributed by atoms with Gasteiger partial charge < -0.3 is 4.74 Å². The van der Waals surface area contributed by atoms with Gasteiger partial charge in [-0.1, -0.05) is 18.2 Å². The van der Waals surface area contributed by atoms with Crippen molar-refractivity contribution in [3.05, 3.63) is 54.6 Å². The number of hydrogen-bond acceptors (Lipinski definition) is 4. The number of ketones is 1. The summed E-state index contributed by atoms with van der Waals surface area (Å²) in [5.41, 5.74) is -0.121. The maximum absolute atomic E-state index is 12.3. The molecule has 0 radical (unpaired) electrons. The number of carbonyl (C=O) groups is 1. The van der Waals surface area contributed by atoms with Gasteiger partial charge in [-0.05, 0) is 26.0 Å². The molecule has 0 aliphatic heterocycles. The van der Waals surface area contributed by atoms with E-state index in [9.17, 15) is 4.79 Å². The van der Waals surface area contributed by atoms with Gasteiger partial charge in [-0.15, -0.1) is 0 Å². The van der Waals surface area contributed by atoms with Crippen molar-refractivity contribution in [2.24, 2.45) is 5.41 Å². The van der Waals surface area contributed by atoms with Crippen molar-refractivity contribution in [1.29, 1.82) is 0 Å². The molecule has 0 aliphatic carbocycles. The Morgan fingerprint density at radius 2 is 1.79 bits per heavy atom. The van der Waals surface area contributed by atoms with Crippen LogP contribution in [0.5, 0.6) is 5.75 Å². The van der Waals surface area contributed by atoms with Gasteiger partial charge in [-0.2, -0.15) is 0 Å². The number of hydrogen-bond donors (Lipinski definition) is 0. The van der Waals surface area contributed by atoms with Crippen LogP contribution in [-0.2, 0) is 0 Å². The molecule has 2 rings (SSSR count). The standard InChI is InChI=1S/C15H16N2O2/c1-15(2,10-19-13-6-4-3-5-7-13)14(18)12-8-16-11-17-9-12/h3-9,11H,10H2,1-2H3. The van der Waals surface area contributed by atoms with Gasteiger partial charge in [0.1, 0.15) is 18.7 Å². The van der Waals surface area contributed by atoms with E-state index in [1.54, 1.807) is 0 Å². The first-order chi connectivity index (χ1) is 9.09. The van der Waals surface area contributed by atoms with Crippen molar-refractivity contribution >= 4 is 5.78 Å². The van der Waals surface area contributed by atoms with E-state index >= 15 is 0 Å². The Morgan fingerprint density at radius 3 is 2.42 bits per heavy atom. The van der Waals surface area contributed by atoms with Gasteiger partial charge in [0, 0.05) is 12.4 Å². The van der Waals surface area contributed by atoms with E-state index in [2.05, 4.69) is 9.97 Å². The third-order valence-corrected chi connectivity index (χ3v) is 2.78. The van der Waals surface area contributed by atoms with E-state index in [1.807, 2.05) is 44.2 Å². The highest BCUT2D eigenvalue weighted by atomic mass is 16.5. The fourth-order valence-corrected chi connectivity index (χ4v) is 1.65. The molecule has 0 saturated carbocycles. The fraction of sp³-hybridized carbons (Fsp3) is 0.267. The second-order valence-corrected chi connectivity index (χ2v) is 4.94. The Balaban J connectivity index is 2.04. The third-order valence-electron chi connectivity index (χ3n) is 2.78. The van der Waals surface area contributed by atoms with Crippen LogP contribution in [0.2, 0.25) is 0 Å². The van der Waals surface area contributed by atoms with Crippen LogP contribution >= 0.6 is 0 Å². The van der Waals surface area contributed by atoms with Crippen LogP contribution < -0.4 is 4.74 Å². The number of para-hydroxylation sites is 1. The number of nitrogens with zero attached hydrogens (tertiary/aromatic N) is 2. The lowest BCUT2D eigenvalue weighted by molar-refractivity contribution is 0.0750. The largest absolute Gasteiger partial charge is 0.493 e. The minimum absolute atomic E-state index is 0.0240. The topological polar surface area (TPSA) is 52.1 Å². The Kier molecular flexibility index (Phi) is 3.90. The molecule has 0 saturated heterocycles. The summed E-state index contributed by atoms with van der Waals surface area (Å²) in [7, 11) is 0. The minimum atomic E-state index is -0.624. The smallest absolute Gasteiger partial charge is 0.174 e. The van der Waals surface area contributed by atoms with Gasteiger partial charge in [-0.25, -0.2) is 9.97 Å². The van der Waals surface area contributed by atoms with Crippen LogP contribution in [0.4, 0.5) is 0 Å². The van der Waals surface area contributed by atoms with E-state index in [0.29, 0.717) is 12.2 Å². The number of rotatable bonds is 5. The van der Waals surface area contributed by atoms with Gasteiger partial charge in [0.25, 0.3) is 0 Å². The SMILES string of the molecule is CC(C)(COc1ccccc1)C(=O)c1cncnc1. The van der Waals surface area contributed by atoms with Crippen LogP contribution in [0.3, 0.4) is 0 Å². The average Bonchev–Trinajstić information content (AvgIpc) is 2.46. The molecule has 0 amide bonds. The van der Waals surface area contributed by atoms with E-state index in [-0.39, 0.29) is 5.78 Å². The summed E-state index contributed by atoms with van der Waals surface area (Å²) in [6.07, 6.45) is 4.46. The lowest BCUT2D eigenvalue weighted by Crippen LogP contribution is -2.31. The zero-order valence-corrected chi connectivity index (χ0v) is 11.0. The van der Waals surface area contributed by atoms with E-state index in [4.69, 9.17) is 4.74 Å². The molecule has 98 valence electrons. The first kappa shape index (κ1) is 13.2. The number of Topliss-reactive ketones (excluding diaryl/α,β-unsaturated/α-hetero) is 1. The fourth-order valence-electron chi connectivity index (χ4n) is 1.65. The molecule has 0 fully saturated rings. The van der Waals surface area contributed by atoms with Crippen LogP contribution in [-0.4, -0.2) is 22.4 Å². The summed E-state index contributed by atoms with van der Waals surface area (Å²) in [5.74, 6) is 0.733. The molecule has 4 heteroatoms. The van der Waals surface area contributed by atoms with Crippen LogP contribution in [0.25, 0.3) is 0 Å². The molecule has 0 aliphatic rings. The maximum atomic E-state index is 12.3. The minimum Gasteiger partial charge on any atom is -0.493 e. The van der Waals surface area contributed by atoms with E-state index in [0.717, 1.165) is 5.75 Å². The van der Waals surface area contributed by atoms with Gasteiger partial charge >= 0.3 is 0 Å². The molecule has 0 spiro atoms. The normalized spacial score (nSPS) is 11.1. The maximum Gasteiger partial charge on any atom is 0.174 e. The van der Waals surface area contributed by atoms with Crippen LogP contribution in [0, 0.1) is 5.41 Å². The molecule has 2 aromatic rings. The van der Waals surface area contributed by atoms with Crippen molar-refractivity contribution in [3.63, 3.8) is 0 Å². The molecule has 0 atom stereocenters. The number of aromatic nitrogens is 2. The number of ether oxygens (including phenoxy) is 1. The Hall–Kier alpha value is -2.23. The van der Waals surface area contributed by atoms with Gasteiger partial charge in [0.2, 0.25) is 0 Å². The third kappa shape index (κ3) is 3.37. The predicted octanol–water partition coefficient (Wildman–Crippen LogP) is 2.76. The first-order valence-corrected chi connectivity index (χ1v) is 6.07. The summed E-state index contributed by atoms with van der Waals surface area (Å²) >= 11 is 0. The highest BCUT2D eigenvalue weighted by molar-refractivity contribution is 5.99. The van der Waals surface area contributed by atoms with Crippen molar-refractivity contribution < 1.29 is 9.53 Å². The predicted molar refractivity (Wildman–Crippen MR) is 72.1 cm³/mol. The molecular weight excluding hydrogens is 240 g/mol. The summed E-state index contributed by atoms with van der Waals surface area (Å²) in [5, 5.41) is 0. The molecule has 1 heterocycles. The summed E-state index contributed by atoms with van der Waals surface area (Å²) in [4.78, 5) is 20.1. The highest BCUT2D eigenvalue weighted by Crippen LogP contribution is 2.23.